The Hall–Kier alpha value is -2.78. The molecule has 198 valence electrons. The van der Waals surface area contributed by atoms with E-state index in [1.165, 1.54) is 24.5 Å². The summed E-state index contributed by atoms with van der Waals surface area (Å²) >= 11 is 0. The number of imide groups is 1. The van der Waals surface area contributed by atoms with Crippen molar-refractivity contribution >= 4 is 23.8 Å². The summed E-state index contributed by atoms with van der Waals surface area (Å²) in [6.07, 6.45) is 4.93. The molecule has 0 fully saturated rings. The Labute approximate surface area is 209 Å². The number of carboxylic acid groups (broad SMARTS) is 2. The maximum absolute atomic E-state index is 12.0. The molecule has 1 aliphatic rings. The predicted octanol–water partition coefficient (Wildman–Crippen LogP) is 3.87. The summed E-state index contributed by atoms with van der Waals surface area (Å²) in [4.78, 5) is 47.9. The maximum atomic E-state index is 12.0. The van der Waals surface area contributed by atoms with Crippen LogP contribution in [0.1, 0.15) is 92.9 Å². The summed E-state index contributed by atoms with van der Waals surface area (Å²) in [5.74, 6) is -2.04. The number of carbonyl (C=O) groups is 4. The fourth-order valence-corrected chi connectivity index (χ4v) is 3.43. The molecule has 0 aromatic heterocycles. The first-order valence-electron chi connectivity index (χ1n) is 12.5. The molecule has 1 aromatic rings. The van der Waals surface area contributed by atoms with E-state index in [4.69, 9.17) is 15.9 Å². The monoisotopic (exact) mass is 493 g/mol. The minimum Gasteiger partial charge on any atom is -0.481 e. The van der Waals surface area contributed by atoms with Gasteiger partial charge in [-0.3, -0.25) is 24.1 Å². The largest absolute Gasteiger partial charge is 0.481 e. The lowest BCUT2D eigenvalue weighted by Gasteiger charge is -2.13. The van der Waals surface area contributed by atoms with E-state index >= 15 is 0 Å². The van der Waals surface area contributed by atoms with Crippen LogP contribution < -0.4 is 5.73 Å². The lowest BCUT2D eigenvalue weighted by Crippen LogP contribution is -2.30. The molecule has 0 saturated carbocycles. The molecule has 0 unspecified atom stereocenters. The van der Waals surface area contributed by atoms with Crippen molar-refractivity contribution in [2.45, 2.75) is 72.1 Å². The smallest absolute Gasteiger partial charge is 0.303 e. The molecule has 4 N–H and O–H groups in total. The zero-order valence-corrected chi connectivity index (χ0v) is 21.5. The number of amides is 2. The van der Waals surface area contributed by atoms with Gasteiger partial charge in [0.05, 0.1) is 11.1 Å². The van der Waals surface area contributed by atoms with Crippen LogP contribution in [0.5, 0.6) is 0 Å². The van der Waals surface area contributed by atoms with E-state index in [2.05, 4.69) is 25.7 Å². The molecule has 0 spiro atoms. The Balaban J connectivity index is 0.000000602. The highest BCUT2D eigenvalue weighted by Gasteiger charge is 2.34. The van der Waals surface area contributed by atoms with E-state index < -0.39 is 11.9 Å². The number of aliphatic carboxylic acids is 2. The molecule has 9 nitrogen and oxygen atoms in total. The van der Waals surface area contributed by atoms with Crippen LogP contribution >= 0.6 is 0 Å². The van der Waals surface area contributed by atoms with Gasteiger partial charge in [0.25, 0.3) is 11.8 Å². The normalized spacial score (nSPS) is 12.0. The van der Waals surface area contributed by atoms with Gasteiger partial charge in [0.2, 0.25) is 0 Å². The first kappa shape index (κ1) is 32.2. The molecule has 0 aliphatic carbocycles. The molecule has 0 atom stereocenters. The molecule has 9 heteroatoms. The van der Waals surface area contributed by atoms with Crippen molar-refractivity contribution in [2.24, 2.45) is 5.73 Å². The highest BCUT2D eigenvalue weighted by molar-refractivity contribution is 6.21. The van der Waals surface area contributed by atoms with Gasteiger partial charge >= 0.3 is 11.9 Å². The number of nitrogens with zero attached hydrogens (tertiary/aromatic N) is 2. The number of unbranched alkanes of at least 4 members (excludes halogenated alkanes) is 4. The number of rotatable bonds is 14. The number of nitrogens with two attached hydrogens (primary N) is 1. The quantitative estimate of drug-likeness (QED) is 0.262. The van der Waals surface area contributed by atoms with E-state index in [1.807, 2.05) is 0 Å². The van der Waals surface area contributed by atoms with Gasteiger partial charge < -0.3 is 20.8 Å². The summed E-state index contributed by atoms with van der Waals surface area (Å²) < 4.78 is 0. The number of carbonyl (C=O) groups excluding carboxylic acids is 2. The van der Waals surface area contributed by atoms with Crippen molar-refractivity contribution < 1.29 is 29.4 Å². The number of carboxylic acids is 2. The van der Waals surface area contributed by atoms with Gasteiger partial charge in [-0.15, -0.1) is 0 Å². The fourth-order valence-electron chi connectivity index (χ4n) is 3.43. The van der Waals surface area contributed by atoms with Crippen LogP contribution in [0.3, 0.4) is 0 Å². The van der Waals surface area contributed by atoms with Crippen LogP contribution in [-0.4, -0.2) is 76.5 Å². The van der Waals surface area contributed by atoms with Crippen molar-refractivity contribution in [1.82, 2.24) is 9.80 Å². The molecular weight excluding hydrogens is 450 g/mol. The second-order valence-electron chi connectivity index (χ2n) is 8.12. The standard InChI is InChI=1S/C14H15NO4.C6H13NO2.C6H15N/c16-12(17)8-2-1-5-9-15-13(18)10-6-3-4-7-11(10)14(15)19;7-5-3-1-2-4-6(8)9;1-4-7(5-2)6-3/h3-4,6-7H,1-2,5,8-9H2,(H,16,17);1-5,7H2,(H,8,9);4-6H2,1-3H3. The van der Waals surface area contributed by atoms with Crippen LogP contribution in [0.4, 0.5) is 0 Å². The Kier molecular flexibility index (Phi) is 18.0. The molecule has 1 heterocycles. The lowest BCUT2D eigenvalue weighted by atomic mass is 10.1. The topological polar surface area (TPSA) is 141 Å². The van der Waals surface area contributed by atoms with E-state index in [9.17, 15) is 19.2 Å². The van der Waals surface area contributed by atoms with Gasteiger partial charge in [0, 0.05) is 19.4 Å². The van der Waals surface area contributed by atoms with Crippen molar-refractivity contribution in [1.29, 1.82) is 0 Å². The number of hydrogen-bond donors (Lipinski definition) is 3. The Bertz CT molecular complexity index is 740. The summed E-state index contributed by atoms with van der Waals surface area (Å²) in [7, 11) is 0. The molecular formula is C26H43N3O6. The Morgan fingerprint density at radius 3 is 1.54 bits per heavy atom. The third-order valence-corrected chi connectivity index (χ3v) is 5.59. The summed E-state index contributed by atoms with van der Waals surface area (Å²) in [5.41, 5.74) is 6.11. The molecule has 2 amide bonds. The maximum Gasteiger partial charge on any atom is 0.303 e. The van der Waals surface area contributed by atoms with Gasteiger partial charge in [-0.05, 0) is 64.0 Å². The minimum atomic E-state index is -0.819. The Morgan fingerprint density at radius 2 is 1.20 bits per heavy atom. The van der Waals surface area contributed by atoms with Gasteiger partial charge in [-0.25, -0.2) is 0 Å². The number of benzene rings is 1. The van der Waals surface area contributed by atoms with Crippen molar-refractivity contribution in [3.63, 3.8) is 0 Å². The average Bonchev–Trinajstić information content (AvgIpc) is 3.08. The van der Waals surface area contributed by atoms with Crippen LogP contribution in [0.25, 0.3) is 0 Å². The summed E-state index contributed by atoms with van der Waals surface area (Å²) in [6.45, 7) is 11.1. The van der Waals surface area contributed by atoms with E-state index in [0.29, 0.717) is 43.5 Å². The minimum absolute atomic E-state index is 0.127. The van der Waals surface area contributed by atoms with Gasteiger partial charge in [-0.2, -0.15) is 0 Å². The highest BCUT2D eigenvalue weighted by Crippen LogP contribution is 2.22. The van der Waals surface area contributed by atoms with E-state index in [1.54, 1.807) is 24.3 Å². The van der Waals surface area contributed by atoms with Crippen molar-refractivity contribution in [2.75, 3.05) is 32.7 Å². The van der Waals surface area contributed by atoms with Crippen molar-refractivity contribution in [3.8, 4) is 0 Å². The van der Waals surface area contributed by atoms with Crippen molar-refractivity contribution in [3.05, 3.63) is 35.4 Å². The Morgan fingerprint density at radius 1 is 0.771 bits per heavy atom. The first-order chi connectivity index (χ1) is 16.7. The average molecular weight is 494 g/mol. The zero-order valence-electron chi connectivity index (χ0n) is 21.5. The van der Waals surface area contributed by atoms with Gasteiger partial charge in [0.15, 0.2) is 0 Å². The van der Waals surface area contributed by atoms with Crippen LogP contribution in [-0.2, 0) is 9.59 Å². The molecule has 35 heavy (non-hydrogen) atoms. The molecule has 2 rings (SSSR count). The van der Waals surface area contributed by atoms with Crippen LogP contribution in [0, 0.1) is 0 Å². The van der Waals surface area contributed by atoms with E-state index in [-0.39, 0.29) is 24.7 Å². The SMILES string of the molecule is CCN(CC)CC.NCCCCCC(=O)O.O=C(O)CCCCCN1C(=O)c2ccccc2C1=O. The number of fused-ring (bicyclic) bond motifs is 1. The van der Waals surface area contributed by atoms with Crippen LogP contribution in [0.2, 0.25) is 0 Å². The second kappa shape index (κ2) is 19.5. The zero-order chi connectivity index (χ0) is 26.6. The molecule has 0 saturated heterocycles. The third-order valence-electron chi connectivity index (χ3n) is 5.59. The van der Waals surface area contributed by atoms with Gasteiger partial charge in [-0.1, -0.05) is 45.7 Å². The molecule has 0 radical (unpaired) electrons. The predicted molar refractivity (Wildman–Crippen MR) is 137 cm³/mol. The van der Waals surface area contributed by atoms with Crippen LogP contribution in [0.15, 0.2) is 24.3 Å². The summed E-state index contributed by atoms with van der Waals surface area (Å²) in [6, 6.07) is 6.78. The third kappa shape index (κ3) is 13.6. The first-order valence-corrected chi connectivity index (χ1v) is 12.5. The van der Waals surface area contributed by atoms with Gasteiger partial charge in [0.1, 0.15) is 0 Å². The summed E-state index contributed by atoms with van der Waals surface area (Å²) in [5, 5.41) is 16.7. The second-order valence-corrected chi connectivity index (χ2v) is 8.12. The fraction of sp³-hybridized carbons (Fsp3) is 0.615. The highest BCUT2D eigenvalue weighted by atomic mass is 16.4. The lowest BCUT2D eigenvalue weighted by molar-refractivity contribution is -0.138. The van der Waals surface area contributed by atoms with E-state index in [0.717, 1.165) is 19.3 Å². The molecule has 1 aliphatic heterocycles. The number of hydrogen-bond acceptors (Lipinski definition) is 6. The molecule has 1 aromatic carbocycles. The molecule has 0 bridgehead atoms.